The van der Waals surface area contributed by atoms with E-state index in [0.29, 0.717) is 48.7 Å². The first-order chi connectivity index (χ1) is 14.5. The molecule has 0 saturated carbocycles. The molecule has 0 N–H and O–H groups in total. The van der Waals surface area contributed by atoms with Crippen molar-refractivity contribution in [2.75, 3.05) is 34.0 Å². The Kier molecular flexibility index (Phi) is 9.61. The predicted octanol–water partition coefficient (Wildman–Crippen LogP) is 5.44. The molecule has 0 fully saturated rings. The minimum Gasteiger partial charge on any atom is -0.496 e. The van der Waals surface area contributed by atoms with Crippen molar-refractivity contribution in [1.82, 2.24) is 0 Å². The Morgan fingerprint density at radius 3 is 2.03 bits per heavy atom. The van der Waals surface area contributed by atoms with Gasteiger partial charge in [0.2, 0.25) is 0 Å². The van der Waals surface area contributed by atoms with Crippen LogP contribution >= 0.6 is 0 Å². The second-order valence-corrected chi connectivity index (χ2v) is 6.90. The van der Waals surface area contributed by atoms with E-state index < -0.39 is 6.29 Å². The van der Waals surface area contributed by atoms with Gasteiger partial charge in [-0.2, -0.15) is 0 Å². The number of ether oxygens (including phenoxy) is 6. The van der Waals surface area contributed by atoms with Crippen molar-refractivity contribution in [1.29, 1.82) is 0 Å². The van der Waals surface area contributed by atoms with Crippen molar-refractivity contribution in [3.63, 3.8) is 0 Å². The summed E-state index contributed by atoms with van der Waals surface area (Å²) in [5, 5.41) is 0. The van der Waals surface area contributed by atoms with Gasteiger partial charge in [-0.1, -0.05) is 19.9 Å². The molecule has 0 aliphatic rings. The van der Waals surface area contributed by atoms with Crippen molar-refractivity contribution >= 4 is 0 Å². The first kappa shape index (κ1) is 23.7. The summed E-state index contributed by atoms with van der Waals surface area (Å²) in [5.41, 5.74) is 1.24. The molecule has 6 heteroatoms. The minimum absolute atomic E-state index is 0.370. The van der Waals surface area contributed by atoms with E-state index in [1.165, 1.54) is 5.56 Å². The molecular formula is C24H34O6. The molecule has 166 valence electrons. The van der Waals surface area contributed by atoms with Crippen molar-refractivity contribution in [3.05, 3.63) is 42.0 Å². The highest BCUT2D eigenvalue weighted by molar-refractivity contribution is 5.44. The van der Waals surface area contributed by atoms with Gasteiger partial charge < -0.3 is 28.4 Å². The zero-order valence-electron chi connectivity index (χ0n) is 18.9. The van der Waals surface area contributed by atoms with Gasteiger partial charge in [-0.3, -0.25) is 0 Å². The zero-order valence-corrected chi connectivity index (χ0v) is 18.9. The lowest BCUT2D eigenvalue weighted by Crippen LogP contribution is -2.20. The fraction of sp³-hybridized carbons (Fsp3) is 0.500. The van der Waals surface area contributed by atoms with E-state index in [1.54, 1.807) is 32.4 Å². The minimum atomic E-state index is -0.442. The lowest BCUT2D eigenvalue weighted by atomic mass is 9.98. The number of methoxy groups -OCH3 is 2. The molecule has 0 aromatic heterocycles. The van der Waals surface area contributed by atoms with Gasteiger partial charge in [0.15, 0.2) is 17.8 Å². The summed E-state index contributed by atoms with van der Waals surface area (Å²) in [7, 11) is 3.21. The molecule has 0 aliphatic carbocycles. The van der Waals surface area contributed by atoms with E-state index in [0.717, 1.165) is 12.2 Å². The summed E-state index contributed by atoms with van der Waals surface area (Å²) in [6, 6.07) is 11.5. The normalized spacial score (nSPS) is 12.7. The van der Waals surface area contributed by atoms with Gasteiger partial charge >= 0.3 is 0 Å². The maximum atomic E-state index is 5.95. The lowest BCUT2D eigenvalue weighted by molar-refractivity contribution is -0.0749. The molecule has 6 nitrogen and oxygen atoms in total. The van der Waals surface area contributed by atoms with Crippen molar-refractivity contribution in [2.45, 2.75) is 46.3 Å². The molecule has 0 spiro atoms. The molecule has 0 saturated heterocycles. The van der Waals surface area contributed by atoms with Gasteiger partial charge in [-0.05, 0) is 43.9 Å². The summed E-state index contributed by atoms with van der Waals surface area (Å²) < 4.78 is 33.7. The lowest BCUT2D eigenvalue weighted by Gasteiger charge is -2.19. The standard InChI is InChI=1S/C24H34O6/c1-7-17(3)19-9-10-23(24(13-19)27-8-2)30-18(4)28-11-12-29-22-15-20(25-5)14-21(16-22)26-6/h9-10,13-18H,7-8,11-12H2,1-6H3. The summed E-state index contributed by atoms with van der Waals surface area (Å²) in [4.78, 5) is 0. The van der Waals surface area contributed by atoms with E-state index in [2.05, 4.69) is 26.0 Å². The quantitative estimate of drug-likeness (QED) is 0.319. The van der Waals surface area contributed by atoms with Crippen LogP contribution in [0.3, 0.4) is 0 Å². The predicted molar refractivity (Wildman–Crippen MR) is 117 cm³/mol. The van der Waals surface area contributed by atoms with Gasteiger partial charge in [0.1, 0.15) is 23.9 Å². The summed E-state index contributed by atoms with van der Waals surface area (Å²) >= 11 is 0. The molecule has 0 aliphatic heterocycles. The monoisotopic (exact) mass is 418 g/mol. The highest BCUT2D eigenvalue weighted by atomic mass is 16.7. The largest absolute Gasteiger partial charge is 0.496 e. The number of rotatable bonds is 13. The fourth-order valence-corrected chi connectivity index (χ4v) is 2.88. The van der Waals surface area contributed by atoms with Crippen LogP contribution < -0.4 is 23.7 Å². The number of benzene rings is 2. The third-order valence-electron chi connectivity index (χ3n) is 4.77. The Bertz CT molecular complexity index is 754. The summed E-state index contributed by atoms with van der Waals surface area (Å²) in [5.74, 6) is 3.89. The second kappa shape index (κ2) is 12.2. The van der Waals surface area contributed by atoms with Crippen molar-refractivity contribution in [2.24, 2.45) is 0 Å². The van der Waals surface area contributed by atoms with E-state index in [1.807, 2.05) is 19.9 Å². The van der Waals surface area contributed by atoms with E-state index in [4.69, 9.17) is 28.4 Å². The van der Waals surface area contributed by atoms with Crippen LogP contribution in [0, 0.1) is 0 Å². The first-order valence-corrected chi connectivity index (χ1v) is 10.4. The SMILES string of the molecule is CCOc1cc(C(C)CC)ccc1OC(C)OCCOc1cc(OC)cc(OC)c1. The van der Waals surface area contributed by atoms with E-state index in [9.17, 15) is 0 Å². The van der Waals surface area contributed by atoms with E-state index >= 15 is 0 Å². The highest BCUT2D eigenvalue weighted by Gasteiger charge is 2.13. The van der Waals surface area contributed by atoms with Crippen LogP contribution in [0.4, 0.5) is 0 Å². The Balaban J connectivity index is 1.88. The molecule has 0 amide bonds. The molecule has 30 heavy (non-hydrogen) atoms. The molecule has 2 rings (SSSR count). The Labute approximate surface area is 180 Å². The van der Waals surface area contributed by atoms with Crippen LogP contribution in [-0.4, -0.2) is 40.3 Å². The maximum Gasteiger partial charge on any atom is 0.197 e. The van der Waals surface area contributed by atoms with Gasteiger partial charge in [0.25, 0.3) is 0 Å². The van der Waals surface area contributed by atoms with Crippen LogP contribution in [0.15, 0.2) is 36.4 Å². The zero-order chi connectivity index (χ0) is 21.9. The maximum absolute atomic E-state index is 5.95. The van der Waals surface area contributed by atoms with Crippen molar-refractivity contribution < 1.29 is 28.4 Å². The van der Waals surface area contributed by atoms with Crippen LogP contribution in [-0.2, 0) is 4.74 Å². The van der Waals surface area contributed by atoms with Gasteiger partial charge in [0, 0.05) is 18.2 Å². The van der Waals surface area contributed by atoms with Crippen LogP contribution in [0.5, 0.6) is 28.7 Å². The van der Waals surface area contributed by atoms with E-state index in [-0.39, 0.29) is 0 Å². The molecule has 0 heterocycles. The number of hydrogen-bond acceptors (Lipinski definition) is 6. The number of hydrogen-bond donors (Lipinski definition) is 0. The Morgan fingerprint density at radius 2 is 1.43 bits per heavy atom. The molecular weight excluding hydrogens is 384 g/mol. The average Bonchev–Trinajstić information content (AvgIpc) is 2.77. The first-order valence-electron chi connectivity index (χ1n) is 10.4. The summed E-state index contributed by atoms with van der Waals surface area (Å²) in [6.45, 7) is 9.51. The second-order valence-electron chi connectivity index (χ2n) is 6.90. The third-order valence-corrected chi connectivity index (χ3v) is 4.77. The van der Waals surface area contributed by atoms with Crippen LogP contribution in [0.1, 0.15) is 45.6 Å². The Morgan fingerprint density at radius 1 is 0.767 bits per heavy atom. The molecule has 2 aromatic rings. The van der Waals surface area contributed by atoms with Crippen LogP contribution in [0.2, 0.25) is 0 Å². The van der Waals surface area contributed by atoms with Crippen molar-refractivity contribution in [3.8, 4) is 28.7 Å². The smallest absolute Gasteiger partial charge is 0.197 e. The molecule has 2 atom stereocenters. The van der Waals surface area contributed by atoms with Gasteiger partial charge in [-0.15, -0.1) is 0 Å². The van der Waals surface area contributed by atoms with Gasteiger partial charge in [0.05, 0.1) is 27.4 Å². The molecule has 2 unspecified atom stereocenters. The average molecular weight is 419 g/mol. The fourth-order valence-electron chi connectivity index (χ4n) is 2.88. The third kappa shape index (κ3) is 7.02. The topological polar surface area (TPSA) is 55.4 Å². The summed E-state index contributed by atoms with van der Waals surface area (Å²) in [6.07, 6.45) is 0.631. The Hall–Kier alpha value is -2.60. The molecule has 2 aromatic carbocycles. The van der Waals surface area contributed by atoms with Crippen LogP contribution in [0.25, 0.3) is 0 Å². The molecule has 0 radical (unpaired) electrons. The highest BCUT2D eigenvalue weighted by Crippen LogP contribution is 2.33. The van der Waals surface area contributed by atoms with Gasteiger partial charge in [-0.25, -0.2) is 0 Å². The molecule has 0 bridgehead atoms.